The van der Waals surface area contributed by atoms with E-state index in [9.17, 15) is 9.59 Å². The number of rotatable bonds is 3. The number of ether oxygens (including phenoxy) is 1. The number of nitrogens with zero attached hydrogens (tertiary/aromatic N) is 1. The first-order valence-electron chi connectivity index (χ1n) is 4.33. The Morgan fingerprint density at radius 1 is 1.87 bits per heavy atom. The lowest BCUT2D eigenvalue weighted by atomic mass is 9.92. The Kier molecular flexibility index (Phi) is 2.45. The van der Waals surface area contributed by atoms with E-state index in [4.69, 9.17) is 15.6 Å². The van der Waals surface area contributed by atoms with Crippen molar-refractivity contribution < 1.29 is 19.4 Å². The standard InChI is InChI=1S/C8H10N2O4S/c9-4-14-8(7(12)13)5(11)10-2-1-3-15-6(8)10/h1-2,6H,3-4,9H2,(H,12,13)/t6-,8?/m0/s1. The molecule has 0 spiro atoms. The van der Waals surface area contributed by atoms with Crippen LogP contribution in [0.3, 0.4) is 0 Å². The SMILES string of the molecule is NCOC1(C(=O)O)C(=O)N2C=CCS[C@H]21. The fourth-order valence-corrected chi connectivity index (χ4v) is 2.91. The number of carboxylic acids is 1. The zero-order valence-corrected chi connectivity index (χ0v) is 8.57. The maximum absolute atomic E-state index is 11.6. The first-order valence-corrected chi connectivity index (χ1v) is 5.38. The minimum atomic E-state index is -1.79. The van der Waals surface area contributed by atoms with Crippen LogP contribution in [0.15, 0.2) is 12.3 Å². The summed E-state index contributed by atoms with van der Waals surface area (Å²) in [5.74, 6) is -1.17. The minimum absolute atomic E-state index is 0.285. The van der Waals surface area contributed by atoms with Gasteiger partial charge in [0.25, 0.3) is 11.5 Å². The topological polar surface area (TPSA) is 92.9 Å². The number of β-lactam (4-membered cyclic amide) rings is 1. The molecular weight excluding hydrogens is 220 g/mol. The summed E-state index contributed by atoms with van der Waals surface area (Å²) in [6, 6.07) is 0. The van der Waals surface area contributed by atoms with Crippen molar-refractivity contribution >= 4 is 23.6 Å². The smallest absolute Gasteiger partial charge is 0.349 e. The quantitative estimate of drug-likeness (QED) is 0.373. The number of amides is 1. The predicted octanol–water partition coefficient (Wildman–Crippen LogP) is -0.829. The van der Waals surface area contributed by atoms with Gasteiger partial charge in [0.15, 0.2) is 0 Å². The van der Waals surface area contributed by atoms with Crippen LogP contribution in [0, 0.1) is 0 Å². The molecule has 0 radical (unpaired) electrons. The largest absolute Gasteiger partial charge is 0.479 e. The summed E-state index contributed by atoms with van der Waals surface area (Å²) in [6.07, 6.45) is 3.39. The molecule has 0 saturated carbocycles. The van der Waals surface area contributed by atoms with E-state index in [0.29, 0.717) is 5.75 Å². The van der Waals surface area contributed by atoms with E-state index in [1.807, 2.05) is 0 Å². The molecule has 2 aliphatic heterocycles. The van der Waals surface area contributed by atoms with E-state index in [2.05, 4.69) is 0 Å². The predicted molar refractivity (Wildman–Crippen MR) is 52.7 cm³/mol. The molecule has 15 heavy (non-hydrogen) atoms. The molecule has 1 unspecified atom stereocenters. The van der Waals surface area contributed by atoms with Crippen LogP contribution in [0.1, 0.15) is 0 Å². The summed E-state index contributed by atoms with van der Waals surface area (Å²) in [5, 5.41) is 8.56. The number of carbonyl (C=O) groups excluding carboxylic acids is 1. The third-order valence-corrected chi connectivity index (χ3v) is 3.66. The van der Waals surface area contributed by atoms with Gasteiger partial charge in [0.1, 0.15) is 5.37 Å². The van der Waals surface area contributed by atoms with Crippen LogP contribution < -0.4 is 5.73 Å². The zero-order valence-electron chi connectivity index (χ0n) is 7.75. The molecule has 1 amide bonds. The molecule has 0 bridgehead atoms. The van der Waals surface area contributed by atoms with Gasteiger partial charge >= 0.3 is 5.97 Å². The fraction of sp³-hybridized carbons (Fsp3) is 0.500. The maximum atomic E-state index is 11.6. The number of carboxylic acid groups (broad SMARTS) is 1. The third kappa shape index (κ3) is 1.20. The average molecular weight is 230 g/mol. The summed E-state index contributed by atoms with van der Waals surface area (Å²) >= 11 is 1.35. The molecule has 2 rings (SSSR count). The van der Waals surface area contributed by atoms with Crippen LogP contribution in [-0.2, 0) is 14.3 Å². The van der Waals surface area contributed by atoms with Gasteiger partial charge in [-0.15, -0.1) is 11.8 Å². The van der Waals surface area contributed by atoms with Gasteiger partial charge < -0.3 is 15.6 Å². The summed E-state index contributed by atoms with van der Waals surface area (Å²) in [4.78, 5) is 24.1. The molecule has 2 heterocycles. The van der Waals surface area contributed by atoms with Crippen molar-refractivity contribution in [3.8, 4) is 0 Å². The van der Waals surface area contributed by atoms with Gasteiger partial charge in [0.2, 0.25) is 0 Å². The van der Waals surface area contributed by atoms with E-state index in [1.54, 1.807) is 12.3 Å². The van der Waals surface area contributed by atoms with Gasteiger partial charge in [-0.3, -0.25) is 9.69 Å². The number of hydrogen-bond donors (Lipinski definition) is 2. The van der Waals surface area contributed by atoms with E-state index < -0.39 is 22.9 Å². The second-order valence-corrected chi connectivity index (χ2v) is 4.25. The van der Waals surface area contributed by atoms with Crippen LogP contribution in [0.4, 0.5) is 0 Å². The molecule has 7 heteroatoms. The number of nitrogens with two attached hydrogens (primary N) is 1. The molecule has 3 N–H and O–H groups in total. The first kappa shape index (κ1) is 10.5. The van der Waals surface area contributed by atoms with Gasteiger partial charge in [-0.1, -0.05) is 6.08 Å². The van der Waals surface area contributed by atoms with Crippen molar-refractivity contribution in [2.75, 3.05) is 12.5 Å². The van der Waals surface area contributed by atoms with E-state index in [1.165, 1.54) is 16.7 Å². The lowest BCUT2D eigenvalue weighted by molar-refractivity contribution is -0.200. The molecule has 2 atom stereocenters. The normalized spacial score (nSPS) is 33.5. The highest BCUT2D eigenvalue weighted by Crippen LogP contribution is 2.43. The van der Waals surface area contributed by atoms with Crippen molar-refractivity contribution in [2.24, 2.45) is 5.73 Å². The van der Waals surface area contributed by atoms with Gasteiger partial charge in [0.05, 0.1) is 6.73 Å². The number of hydrogen-bond acceptors (Lipinski definition) is 5. The molecule has 0 aromatic carbocycles. The van der Waals surface area contributed by atoms with Crippen molar-refractivity contribution in [1.29, 1.82) is 0 Å². The van der Waals surface area contributed by atoms with Crippen molar-refractivity contribution in [2.45, 2.75) is 11.0 Å². The molecule has 0 aromatic rings. The molecule has 0 aliphatic carbocycles. The maximum Gasteiger partial charge on any atom is 0.349 e. The second kappa shape index (κ2) is 3.51. The van der Waals surface area contributed by atoms with E-state index in [0.717, 1.165) is 0 Å². The lowest BCUT2D eigenvalue weighted by Crippen LogP contribution is -2.76. The third-order valence-electron chi connectivity index (χ3n) is 2.40. The summed E-state index contributed by atoms with van der Waals surface area (Å²) < 4.78 is 4.94. The Hall–Kier alpha value is -1.05. The van der Waals surface area contributed by atoms with Crippen LogP contribution in [-0.4, -0.2) is 45.3 Å². The van der Waals surface area contributed by atoms with Crippen LogP contribution >= 0.6 is 11.8 Å². The minimum Gasteiger partial charge on any atom is -0.479 e. The Morgan fingerprint density at radius 3 is 3.20 bits per heavy atom. The number of carbonyl (C=O) groups is 2. The molecule has 1 fully saturated rings. The monoisotopic (exact) mass is 230 g/mol. The molecule has 82 valence electrons. The molecule has 2 aliphatic rings. The number of fused-ring (bicyclic) bond motifs is 1. The highest BCUT2D eigenvalue weighted by atomic mass is 32.2. The highest BCUT2D eigenvalue weighted by Gasteiger charge is 2.68. The van der Waals surface area contributed by atoms with Gasteiger partial charge in [0, 0.05) is 12.0 Å². The van der Waals surface area contributed by atoms with Crippen molar-refractivity contribution in [3.05, 3.63) is 12.3 Å². The Labute approximate surface area is 90.0 Å². The zero-order chi connectivity index (χ0) is 11.1. The molecule has 1 saturated heterocycles. The van der Waals surface area contributed by atoms with Gasteiger partial charge in [-0.2, -0.15) is 0 Å². The lowest BCUT2D eigenvalue weighted by Gasteiger charge is -2.51. The van der Waals surface area contributed by atoms with Gasteiger partial charge in [-0.05, 0) is 0 Å². The highest BCUT2D eigenvalue weighted by molar-refractivity contribution is 8.00. The van der Waals surface area contributed by atoms with Crippen molar-refractivity contribution in [1.82, 2.24) is 4.90 Å². The molecule has 6 nitrogen and oxygen atoms in total. The Balaban J connectivity index is 2.31. The number of thioether (sulfide) groups is 1. The first-order chi connectivity index (χ1) is 7.14. The van der Waals surface area contributed by atoms with Crippen LogP contribution in [0.5, 0.6) is 0 Å². The summed E-state index contributed by atoms with van der Waals surface area (Å²) in [7, 11) is 0. The molecule has 0 aromatic heterocycles. The van der Waals surface area contributed by atoms with Crippen LogP contribution in [0.2, 0.25) is 0 Å². The summed E-state index contributed by atoms with van der Waals surface area (Å²) in [5.41, 5.74) is 3.37. The second-order valence-electron chi connectivity index (χ2n) is 3.13. The Morgan fingerprint density at radius 2 is 2.60 bits per heavy atom. The number of aliphatic carboxylic acids is 1. The summed E-state index contributed by atoms with van der Waals surface area (Å²) in [6.45, 7) is -0.285. The average Bonchev–Trinajstić information content (AvgIpc) is 2.24. The molecular formula is C8H10N2O4S. The Bertz CT molecular complexity index is 346. The van der Waals surface area contributed by atoms with E-state index >= 15 is 0 Å². The van der Waals surface area contributed by atoms with Crippen LogP contribution in [0.25, 0.3) is 0 Å². The van der Waals surface area contributed by atoms with Crippen molar-refractivity contribution in [3.63, 3.8) is 0 Å². The van der Waals surface area contributed by atoms with E-state index in [-0.39, 0.29) is 6.73 Å². The van der Waals surface area contributed by atoms with Gasteiger partial charge in [-0.25, -0.2) is 4.79 Å². The fourth-order valence-electron chi connectivity index (χ4n) is 1.70.